The fourth-order valence-corrected chi connectivity index (χ4v) is 1.59. The van der Waals surface area contributed by atoms with Crippen LogP contribution in [0.1, 0.15) is 12.8 Å². The molecule has 2 heterocycles. The van der Waals surface area contributed by atoms with E-state index >= 15 is 0 Å². The highest BCUT2D eigenvalue weighted by Crippen LogP contribution is 2.10. The van der Waals surface area contributed by atoms with Crippen LogP contribution in [0, 0.1) is 10.1 Å². The first-order valence-corrected chi connectivity index (χ1v) is 4.62. The first-order chi connectivity index (χ1) is 7.15. The van der Waals surface area contributed by atoms with Crippen LogP contribution in [0.3, 0.4) is 0 Å². The van der Waals surface area contributed by atoms with E-state index in [1.807, 2.05) is 0 Å². The average Bonchev–Trinajstić information content (AvgIpc) is 2.76. The van der Waals surface area contributed by atoms with E-state index in [1.54, 1.807) is 6.20 Å². The smallest absolute Gasteiger partial charge is 0.358 e. The molecule has 0 unspecified atom stereocenters. The van der Waals surface area contributed by atoms with Crippen LogP contribution in [-0.4, -0.2) is 26.7 Å². The SMILES string of the molecule is O=C1CC[C@@H](Cn2ccc([N+](=O)[O-])n2)N1. The number of nitrogens with zero attached hydrogens (tertiary/aromatic N) is 3. The number of rotatable bonds is 3. The molecule has 7 nitrogen and oxygen atoms in total. The van der Waals surface area contributed by atoms with Crippen molar-refractivity contribution in [3.8, 4) is 0 Å². The van der Waals surface area contributed by atoms with Crippen molar-refractivity contribution in [3.63, 3.8) is 0 Å². The Hall–Kier alpha value is -1.92. The maximum Gasteiger partial charge on any atom is 0.389 e. The minimum absolute atomic E-state index is 0.0293. The molecule has 0 aliphatic carbocycles. The van der Waals surface area contributed by atoms with Crippen LogP contribution in [0.5, 0.6) is 0 Å². The average molecular weight is 210 g/mol. The summed E-state index contributed by atoms with van der Waals surface area (Å²) >= 11 is 0. The molecule has 0 bridgehead atoms. The second-order valence-electron chi connectivity index (χ2n) is 3.46. The summed E-state index contributed by atoms with van der Waals surface area (Å²) in [5.41, 5.74) is 0. The predicted molar refractivity (Wildman–Crippen MR) is 50.0 cm³/mol. The summed E-state index contributed by atoms with van der Waals surface area (Å²) in [6.07, 6.45) is 2.82. The normalized spacial score (nSPS) is 20.3. The Morgan fingerprint density at radius 1 is 1.73 bits per heavy atom. The summed E-state index contributed by atoms with van der Waals surface area (Å²) in [6, 6.07) is 1.38. The maximum atomic E-state index is 10.9. The Morgan fingerprint density at radius 3 is 3.07 bits per heavy atom. The lowest BCUT2D eigenvalue weighted by Crippen LogP contribution is -2.29. The lowest BCUT2D eigenvalue weighted by molar-refractivity contribution is -0.389. The number of nitrogens with one attached hydrogen (secondary N) is 1. The van der Waals surface area contributed by atoms with E-state index < -0.39 is 4.92 Å². The van der Waals surface area contributed by atoms with Gasteiger partial charge in [0.2, 0.25) is 5.91 Å². The third-order valence-electron chi connectivity index (χ3n) is 2.31. The number of amides is 1. The Bertz CT molecular complexity index is 400. The van der Waals surface area contributed by atoms with Crippen molar-refractivity contribution < 1.29 is 9.72 Å². The van der Waals surface area contributed by atoms with Crippen LogP contribution in [0.2, 0.25) is 0 Å². The molecule has 2 rings (SSSR count). The first kappa shape index (κ1) is 9.63. The molecule has 0 aromatic carbocycles. The van der Waals surface area contributed by atoms with Crippen molar-refractivity contribution in [1.82, 2.24) is 15.1 Å². The topological polar surface area (TPSA) is 90.1 Å². The van der Waals surface area contributed by atoms with Crippen LogP contribution < -0.4 is 5.32 Å². The quantitative estimate of drug-likeness (QED) is 0.564. The van der Waals surface area contributed by atoms with Crippen LogP contribution in [0.15, 0.2) is 12.3 Å². The molecule has 7 heteroatoms. The summed E-state index contributed by atoms with van der Waals surface area (Å²) in [6.45, 7) is 0.486. The second-order valence-corrected chi connectivity index (χ2v) is 3.46. The lowest BCUT2D eigenvalue weighted by atomic mass is 10.2. The van der Waals surface area contributed by atoms with Gasteiger partial charge in [0, 0.05) is 6.42 Å². The van der Waals surface area contributed by atoms with Crippen molar-refractivity contribution in [2.24, 2.45) is 0 Å². The van der Waals surface area contributed by atoms with Gasteiger partial charge in [0.05, 0.1) is 29.9 Å². The van der Waals surface area contributed by atoms with Crippen LogP contribution in [-0.2, 0) is 11.3 Å². The fourth-order valence-electron chi connectivity index (χ4n) is 1.59. The molecule has 0 saturated carbocycles. The maximum absolute atomic E-state index is 10.9. The number of carbonyl (C=O) groups is 1. The molecular formula is C8H10N4O3. The molecule has 0 spiro atoms. The van der Waals surface area contributed by atoms with E-state index in [2.05, 4.69) is 10.4 Å². The molecule has 80 valence electrons. The van der Waals surface area contributed by atoms with Gasteiger partial charge in [-0.15, -0.1) is 0 Å². The molecule has 1 N–H and O–H groups in total. The van der Waals surface area contributed by atoms with E-state index in [0.29, 0.717) is 13.0 Å². The highest BCUT2D eigenvalue weighted by atomic mass is 16.6. The van der Waals surface area contributed by atoms with Gasteiger partial charge >= 0.3 is 5.82 Å². The van der Waals surface area contributed by atoms with E-state index in [1.165, 1.54) is 10.7 Å². The van der Waals surface area contributed by atoms with Crippen molar-refractivity contribution in [3.05, 3.63) is 22.4 Å². The molecule has 1 fully saturated rings. The third-order valence-corrected chi connectivity index (χ3v) is 2.31. The minimum Gasteiger partial charge on any atom is -0.358 e. The van der Waals surface area contributed by atoms with Crippen molar-refractivity contribution >= 4 is 11.7 Å². The molecule has 1 aliphatic rings. The lowest BCUT2D eigenvalue weighted by Gasteiger charge is -2.06. The first-order valence-electron chi connectivity index (χ1n) is 4.62. The van der Waals surface area contributed by atoms with Crippen LogP contribution in [0.25, 0.3) is 0 Å². The third kappa shape index (κ3) is 2.12. The number of nitro groups is 1. The van der Waals surface area contributed by atoms with Crippen molar-refractivity contribution in [2.75, 3.05) is 0 Å². The molecule has 1 aromatic heterocycles. The Morgan fingerprint density at radius 2 is 2.53 bits per heavy atom. The standard InChI is InChI=1S/C8H10N4O3/c13-8-2-1-6(9-8)5-11-4-3-7(10-11)12(14)15/h3-4,6H,1-2,5H2,(H,9,13)/t6-/m0/s1. The predicted octanol–water partition coefficient (Wildman–Crippen LogP) is 0.0699. The van der Waals surface area contributed by atoms with E-state index in [0.717, 1.165) is 6.42 Å². The van der Waals surface area contributed by atoms with E-state index in [4.69, 9.17) is 0 Å². The molecule has 1 aliphatic heterocycles. The van der Waals surface area contributed by atoms with Gasteiger partial charge < -0.3 is 15.4 Å². The monoisotopic (exact) mass is 210 g/mol. The minimum atomic E-state index is -0.538. The molecule has 1 amide bonds. The van der Waals surface area contributed by atoms with Crippen LogP contribution >= 0.6 is 0 Å². The number of hydrogen-bond acceptors (Lipinski definition) is 4. The van der Waals surface area contributed by atoms with Gasteiger partial charge in [0.15, 0.2) is 0 Å². The molecule has 15 heavy (non-hydrogen) atoms. The van der Waals surface area contributed by atoms with Crippen molar-refractivity contribution in [2.45, 2.75) is 25.4 Å². The van der Waals surface area contributed by atoms with Gasteiger partial charge in [-0.3, -0.25) is 4.79 Å². The summed E-state index contributed by atoms with van der Waals surface area (Å²) < 4.78 is 1.48. The summed E-state index contributed by atoms with van der Waals surface area (Å²) in [5.74, 6) is -0.138. The highest BCUT2D eigenvalue weighted by Gasteiger charge is 2.22. The van der Waals surface area contributed by atoms with Gasteiger partial charge in [0.1, 0.15) is 0 Å². The van der Waals surface area contributed by atoms with E-state index in [9.17, 15) is 14.9 Å². The summed E-state index contributed by atoms with van der Waals surface area (Å²) in [4.78, 5) is 20.7. The molecular weight excluding hydrogens is 200 g/mol. The number of carbonyl (C=O) groups excluding carboxylic acids is 1. The van der Waals surface area contributed by atoms with E-state index in [-0.39, 0.29) is 17.8 Å². The Balaban J connectivity index is 1.99. The largest absolute Gasteiger partial charge is 0.389 e. The van der Waals surface area contributed by atoms with Crippen LogP contribution in [0.4, 0.5) is 5.82 Å². The Kier molecular flexibility index (Phi) is 2.36. The van der Waals surface area contributed by atoms with Crippen molar-refractivity contribution in [1.29, 1.82) is 0 Å². The summed E-state index contributed by atoms with van der Waals surface area (Å²) in [7, 11) is 0. The fraction of sp³-hybridized carbons (Fsp3) is 0.500. The van der Waals surface area contributed by atoms with Gasteiger partial charge in [-0.05, 0) is 11.3 Å². The zero-order valence-electron chi connectivity index (χ0n) is 7.92. The highest BCUT2D eigenvalue weighted by molar-refractivity contribution is 5.78. The molecule has 0 radical (unpaired) electrons. The Labute approximate surface area is 85.2 Å². The molecule has 1 atom stereocenters. The zero-order chi connectivity index (χ0) is 10.8. The van der Waals surface area contributed by atoms with Gasteiger partial charge in [-0.1, -0.05) is 0 Å². The van der Waals surface area contributed by atoms with Gasteiger partial charge in [0.25, 0.3) is 0 Å². The molecule has 1 aromatic rings. The molecule has 1 saturated heterocycles. The van der Waals surface area contributed by atoms with Gasteiger partial charge in [-0.25, -0.2) is 0 Å². The van der Waals surface area contributed by atoms with Gasteiger partial charge in [-0.2, -0.15) is 4.68 Å². The summed E-state index contributed by atoms with van der Waals surface area (Å²) in [5, 5.41) is 16.9. The zero-order valence-corrected chi connectivity index (χ0v) is 7.92. The number of hydrogen-bond donors (Lipinski definition) is 1. The number of aromatic nitrogens is 2. The second kappa shape index (κ2) is 3.68.